The standard InChI is InChI=1S/C17H18F2O/c1-12-8-16(19)7-6-14(12)11-17(2,20)10-13-4-3-5-15(18)9-13/h3-9,20H,10-11H2,1-2H3. The van der Waals surface area contributed by atoms with Gasteiger partial charge in [-0.15, -0.1) is 0 Å². The largest absolute Gasteiger partial charge is 0.389 e. The van der Waals surface area contributed by atoms with Gasteiger partial charge in [0.1, 0.15) is 11.6 Å². The van der Waals surface area contributed by atoms with Crippen molar-refractivity contribution in [1.29, 1.82) is 0 Å². The highest BCUT2D eigenvalue weighted by molar-refractivity contribution is 5.29. The molecule has 20 heavy (non-hydrogen) atoms. The fourth-order valence-corrected chi connectivity index (χ4v) is 2.42. The van der Waals surface area contributed by atoms with Gasteiger partial charge in [0, 0.05) is 12.8 Å². The lowest BCUT2D eigenvalue weighted by Gasteiger charge is -2.24. The topological polar surface area (TPSA) is 20.2 Å². The first-order valence-corrected chi connectivity index (χ1v) is 6.58. The van der Waals surface area contributed by atoms with E-state index in [1.54, 1.807) is 25.1 Å². The Morgan fingerprint density at radius 3 is 2.35 bits per heavy atom. The van der Waals surface area contributed by atoms with E-state index in [0.717, 1.165) is 16.7 Å². The van der Waals surface area contributed by atoms with Crippen molar-refractivity contribution in [2.75, 3.05) is 0 Å². The summed E-state index contributed by atoms with van der Waals surface area (Å²) in [5.74, 6) is -0.590. The lowest BCUT2D eigenvalue weighted by atomic mass is 9.88. The van der Waals surface area contributed by atoms with Gasteiger partial charge in [-0.2, -0.15) is 0 Å². The van der Waals surface area contributed by atoms with Crippen LogP contribution < -0.4 is 0 Å². The first kappa shape index (κ1) is 14.7. The van der Waals surface area contributed by atoms with E-state index in [0.29, 0.717) is 12.8 Å². The number of aliphatic hydroxyl groups is 1. The van der Waals surface area contributed by atoms with Gasteiger partial charge in [0.25, 0.3) is 0 Å². The molecule has 0 aliphatic rings. The van der Waals surface area contributed by atoms with E-state index in [2.05, 4.69) is 0 Å². The monoisotopic (exact) mass is 276 g/mol. The number of hydrogen-bond donors (Lipinski definition) is 1. The molecular weight excluding hydrogens is 258 g/mol. The second-order valence-corrected chi connectivity index (χ2v) is 5.55. The van der Waals surface area contributed by atoms with E-state index in [9.17, 15) is 13.9 Å². The maximum atomic E-state index is 13.2. The van der Waals surface area contributed by atoms with Gasteiger partial charge < -0.3 is 5.11 Å². The quantitative estimate of drug-likeness (QED) is 0.900. The molecule has 2 aromatic carbocycles. The van der Waals surface area contributed by atoms with Crippen LogP contribution in [0.15, 0.2) is 42.5 Å². The minimum Gasteiger partial charge on any atom is -0.389 e. The van der Waals surface area contributed by atoms with Crippen LogP contribution in [0.5, 0.6) is 0 Å². The Morgan fingerprint density at radius 1 is 1.00 bits per heavy atom. The number of benzene rings is 2. The Labute approximate surface area is 117 Å². The summed E-state index contributed by atoms with van der Waals surface area (Å²) in [7, 11) is 0. The molecule has 0 radical (unpaired) electrons. The smallest absolute Gasteiger partial charge is 0.123 e. The van der Waals surface area contributed by atoms with Crippen LogP contribution >= 0.6 is 0 Å². The fraction of sp³-hybridized carbons (Fsp3) is 0.294. The van der Waals surface area contributed by atoms with Crippen LogP contribution in [0, 0.1) is 18.6 Å². The van der Waals surface area contributed by atoms with Crippen molar-refractivity contribution in [3.8, 4) is 0 Å². The van der Waals surface area contributed by atoms with Gasteiger partial charge in [0.05, 0.1) is 5.60 Å². The molecule has 0 aromatic heterocycles. The van der Waals surface area contributed by atoms with Gasteiger partial charge in [-0.05, 0) is 54.8 Å². The number of halogens is 2. The molecule has 0 saturated heterocycles. The van der Waals surface area contributed by atoms with Crippen LogP contribution in [-0.2, 0) is 12.8 Å². The second-order valence-electron chi connectivity index (χ2n) is 5.55. The average molecular weight is 276 g/mol. The highest BCUT2D eigenvalue weighted by Gasteiger charge is 2.22. The molecule has 1 unspecified atom stereocenters. The zero-order chi connectivity index (χ0) is 14.8. The first-order valence-electron chi connectivity index (χ1n) is 6.58. The highest BCUT2D eigenvalue weighted by atomic mass is 19.1. The van der Waals surface area contributed by atoms with E-state index >= 15 is 0 Å². The molecule has 2 rings (SSSR count). The van der Waals surface area contributed by atoms with Crippen LogP contribution in [0.25, 0.3) is 0 Å². The third kappa shape index (κ3) is 3.87. The normalized spacial score (nSPS) is 14.1. The third-order valence-electron chi connectivity index (χ3n) is 3.35. The van der Waals surface area contributed by atoms with Crippen molar-refractivity contribution in [2.45, 2.75) is 32.3 Å². The van der Waals surface area contributed by atoms with Crippen molar-refractivity contribution in [1.82, 2.24) is 0 Å². The van der Waals surface area contributed by atoms with Gasteiger partial charge in [-0.1, -0.05) is 18.2 Å². The van der Waals surface area contributed by atoms with Crippen LogP contribution in [0.4, 0.5) is 8.78 Å². The molecular formula is C17H18F2O. The Morgan fingerprint density at radius 2 is 1.70 bits per heavy atom. The van der Waals surface area contributed by atoms with Crippen molar-refractivity contribution < 1.29 is 13.9 Å². The molecule has 1 N–H and O–H groups in total. The summed E-state index contributed by atoms with van der Waals surface area (Å²) in [6.07, 6.45) is 0.747. The lowest BCUT2D eigenvalue weighted by molar-refractivity contribution is 0.0606. The number of hydrogen-bond acceptors (Lipinski definition) is 1. The first-order chi connectivity index (χ1) is 9.35. The SMILES string of the molecule is Cc1cc(F)ccc1CC(C)(O)Cc1cccc(F)c1. The molecule has 0 aliphatic heterocycles. The third-order valence-corrected chi connectivity index (χ3v) is 3.35. The van der Waals surface area contributed by atoms with Crippen LogP contribution in [0.3, 0.4) is 0 Å². The average Bonchev–Trinajstić information content (AvgIpc) is 2.32. The zero-order valence-corrected chi connectivity index (χ0v) is 11.7. The minimum atomic E-state index is -1.00. The van der Waals surface area contributed by atoms with E-state index in [-0.39, 0.29) is 11.6 Å². The molecule has 0 spiro atoms. The van der Waals surface area contributed by atoms with Gasteiger partial charge in [-0.3, -0.25) is 0 Å². The molecule has 0 amide bonds. The van der Waals surface area contributed by atoms with Gasteiger partial charge in [-0.25, -0.2) is 8.78 Å². The summed E-state index contributed by atoms with van der Waals surface area (Å²) in [5, 5.41) is 10.5. The molecule has 1 nitrogen and oxygen atoms in total. The van der Waals surface area contributed by atoms with Gasteiger partial charge in [0.2, 0.25) is 0 Å². The summed E-state index contributed by atoms with van der Waals surface area (Å²) < 4.78 is 26.2. The Kier molecular flexibility index (Phi) is 4.19. The summed E-state index contributed by atoms with van der Waals surface area (Å²) in [6, 6.07) is 10.7. The number of aryl methyl sites for hydroxylation is 1. The number of rotatable bonds is 4. The molecule has 0 bridgehead atoms. The maximum Gasteiger partial charge on any atom is 0.123 e. The predicted octanol–water partition coefficient (Wildman–Crippen LogP) is 3.81. The van der Waals surface area contributed by atoms with Crippen molar-refractivity contribution in [3.05, 3.63) is 70.8 Å². The lowest BCUT2D eigenvalue weighted by Crippen LogP contribution is -2.30. The van der Waals surface area contributed by atoms with Gasteiger partial charge >= 0.3 is 0 Å². The van der Waals surface area contributed by atoms with Crippen molar-refractivity contribution in [3.63, 3.8) is 0 Å². The Balaban J connectivity index is 2.14. The van der Waals surface area contributed by atoms with Crippen molar-refractivity contribution in [2.24, 2.45) is 0 Å². The predicted molar refractivity (Wildman–Crippen MR) is 75.6 cm³/mol. The molecule has 1 atom stereocenters. The minimum absolute atomic E-state index is 0.281. The van der Waals surface area contributed by atoms with E-state index in [4.69, 9.17) is 0 Å². The van der Waals surface area contributed by atoms with E-state index in [1.165, 1.54) is 24.3 Å². The van der Waals surface area contributed by atoms with Crippen molar-refractivity contribution >= 4 is 0 Å². The molecule has 0 heterocycles. The van der Waals surface area contributed by atoms with Gasteiger partial charge in [0.15, 0.2) is 0 Å². The van der Waals surface area contributed by atoms with Crippen LogP contribution in [0.2, 0.25) is 0 Å². The summed E-state index contributed by atoms with van der Waals surface area (Å²) in [4.78, 5) is 0. The maximum absolute atomic E-state index is 13.2. The zero-order valence-electron chi connectivity index (χ0n) is 11.7. The Hall–Kier alpha value is -1.74. The highest BCUT2D eigenvalue weighted by Crippen LogP contribution is 2.21. The molecule has 106 valence electrons. The van der Waals surface area contributed by atoms with E-state index < -0.39 is 5.60 Å². The summed E-state index contributed by atoms with van der Waals surface area (Å²) in [6.45, 7) is 3.53. The van der Waals surface area contributed by atoms with E-state index in [1.807, 2.05) is 6.92 Å². The molecule has 3 heteroatoms. The van der Waals surface area contributed by atoms with Crippen LogP contribution in [0.1, 0.15) is 23.6 Å². The Bertz CT molecular complexity index is 606. The second kappa shape index (κ2) is 5.71. The van der Waals surface area contributed by atoms with Crippen LogP contribution in [-0.4, -0.2) is 10.7 Å². The fourth-order valence-electron chi connectivity index (χ4n) is 2.42. The summed E-state index contributed by atoms with van der Waals surface area (Å²) >= 11 is 0. The molecule has 2 aromatic rings. The summed E-state index contributed by atoms with van der Waals surface area (Å²) in [5.41, 5.74) is 1.45. The molecule has 0 aliphatic carbocycles. The molecule has 0 fully saturated rings. The molecule has 0 saturated carbocycles.